The van der Waals surface area contributed by atoms with Gasteiger partial charge in [0.1, 0.15) is 0 Å². The molecule has 21 heavy (non-hydrogen) atoms. The molecule has 1 aromatic rings. The number of anilines is 1. The van der Waals surface area contributed by atoms with E-state index < -0.39 is 6.03 Å². The van der Waals surface area contributed by atoms with Crippen molar-refractivity contribution in [3.63, 3.8) is 0 Å². The standard InChI is InChI=1S/C16H25N3O.ClH/c1-3-9-19-12(2)7-8-15(19)11-13-5-4-6-14(10-13)18-16(17)20;/h4-6,10,12,15H,3,7-9,11H2,1-2H3,(H3,17,18,20);1H. The molecule has 3 N–H and O–H groups in total. The lowest BCUT2D eigenvalue weighted by Gasteiger charge is -2.28. The Hall–Kier alpha value is -1.26. The maximum absolute atomic E-state index is 10.9. The van der Waals surface area contributed by atoms with Gasteiger partial charge in [0.2, 0.25) is 0 Å². The van der Waals surface area contributed by atoms with Crippen LogP contribution in [0.15, 0.2) is 24.3 Å². The van der Waals surface area contributed by atoms with Gasteiger partial charge in [0.25, 0.3) is 0 Å². The van der Waals surface area contributed by atoms with E-state index in [1.165, 1.54) is 31.4 Å². The largest absolute Gasteiger partial charge is 0.351 e. The van der Waals surface area contributed by atoms with Crippen LogP contribution in [0.1, 0.15) is 38.7 Å². The van der Waals surface area contributed by atoms with Crippen molar-refractivity contribution in [1.82, 2.24) is 4.90 Å². The number of carbonyl (C=O) groups is 1. The van der Waals surface area contributed by atoms with Gasteiger partial charge in [-0.2, -0.15) is 0 Å². The molecule has 0 spiro atoms. The first kappa shape index (κ1) is 17.8. The molecule has 0 bridgehead atoms. The fourth-order valence-corrected chi connectivity index (χ4v) is 3.20. The third kappa shape index (κ3) is 4.90. The Labute approximate surface area is 133 Å². The Morgan fingerprint density at radius 3 is 2.86 bits per heavy atom. The van der Waals surface area contributed by atoms with Gasteiger partial charge in [-0.1, -0.05) is 19.1 Å². The van der Waals surface area contributed by atoms with Gasteiger partial charge in [0.05, 0.1) is 0 Å². The molecule has 4 nitrogen and oxygen atoms in total. The van der Waals surface area contributed by atoms with E-state index >= 15 is 0 Å². The van der Waals surface area contributed by atoms with Crippen molar-refractivity contribution in [3.8, 4) is 0 Å². The van der Waals surface area contributed by atoms with Crippen molar-refractivity contribution in [2.24, 2.45) is 5.73 Å². The number of hydrogen-bond acceptors (Lipinski definition) is 2. The number of benzene rings is 1. The third-order valence-electron chi connectivity index (χ3n) is 4.10. The van der Waals surface area contributed by atoms with E-state index in [4.69, 9.17) is 5.73 Å². The highest BCUT2D eigenvalue weighted by Crippen LogP contribution is 2.27. The zero-order valence-electron chi connectivity index (χ0n) is 12.8. The number of nitrogens with one attached hydrogen (secondary N) is 1. The van der Waals surface area contributed by atoms with Crippen LogP contribution in [0.2, 0.25) is 0 Å². The predicted molar refractivity (Wildman–Crippen MR) is 90.1 cm³/mol. The molecule has 1 fully saturated rings. The molecule has 2 amide bonds. The first-order valence-corrected chi connectivity index (χ1v) is 7.51. The van der Waals surface area contributed by atoms with Crippen LogP contribution in [0.4, 0.5) is 10.5 Å². The topological polar surface area (TPSA) is 58.4 Å². The fourth-order valence-electron chi connectivity index (χ4n) is 3.20. The van der Waals surface area contributed by atoms with E-state index in [2.05, 4.69) is 30.1 Å². The van der Waals surface area contributed by atoms with Crippen molar-refractivity contribution in [3.05, 3.63) is 29.8 Å². The first-order chi connectivity index (χ1) is 9.60. The van der Waals surface area contributed by atoms with E-state index in [1.54, 1.807) is 0 Å². The summed E-state index contributed by atoms with van der Waals surface area (Å²) in [6.07, 6.45) is 4.78. The van der Waals surface area contributed by atoms with Crippen LogP contribution < -0.4 is 11.1 Å². The zero-order chi connectivity index (χ0) is 14.5. The lowest BCUT2D eigenvalue weighted by atomic mass is 10.0. The number of nitrogens with zero attached hydrogens (tertiary/aromatic N) is 1. The molecule has 5 heteroatoms. The highest BCUT2D eigenvalue weighted by molar-refractivity contribution is 5.87. The van der Waals surface area contributed by atoms with Gasteiger partial charge in [0.15, 0.2) is 0 Å². The molecule has 2 unspecified atom stereocenters. The summed E-state index contributed by atoms with van der Waals surface area (Å²) in [5.41, 5.74) is 7.20. The van der Waals surface area contributed by atoms with Gasteiger partial charge in [-0.15, -0.1) is 12.4 Å². The fraction of sp³-hybridized carbons (Fsp3) is 0.562. The van der Waals surface area contributed by atoms with Gasteiger partial charge < -0.3 is 11.1 Å². The first-order valence-electron chi connectivity index (χ1n) is 7.51. The average Bonchev–Trinajstić information content (AvgIpc) is 2.72. The Morgan fingerprint density at radius 1 is 1.43 bits per heavy atom. The Kier molecular flexibility index (Phi) is 6.99. The molecular formula is C16H26ClN3O. The lowest BCUT2D eigenvalue weighted by Crippen LogP contribution is -2.36. The summed E-state index contributed by atoms with van der Waals surface area (Å²) in [6, 6.07) is 8.79. The van der Waals surface area contributed by atoms with Gasteiger partial charge in [-0.05, 0) is 56.8 Å². The minimum Gasteiger partial charge on any atom is -0.351 e. The maximum atomic E-state index is 10.9. The van der Waals surface area contributed by atoms with Crippen LogP contribution in [-0.4, -0.2) is 29.6 Å². The highest BCUT2D eigenvalue weighted by atomic mass is 35.5. The Balaban J connectivity index is 0.00000220. The van der Waals surface area contributed by atoms with Crippen molar-refractivity contribution in [2.45, 2.75) is 51.6 Å². The van der Waals surface area contributed by atoms with Gasteiger partial charge >= 0.3 is 6.03 Å². The number of carbonyl (C=O) groups excluding carboxylic acids is 1. The lowest BCUT2D eigenvalue weighted by molar-refractivity contribution is 0.202. The van der Waals surface area contributed by atoms with Gasteiger partial charge in [0, 0.05) is 17.8 Å². The van der Waals surface area contributed by atoms with Crippen LogP contribution in [0.25, 0.3) is 0 Å². The second-order valence-corrected chi connectivity index (χ2v) is 5.71. The molecule has 1 heterocycles. The SMILES string of the molecule is CCCN1C(C)CCC1Cc1cccc(NC(N)=O)c1.Cl. The van der Waals surface area contributed by atoms with Crippen LogP contribution in [-0.2, 0) is 6.42 Å². The molecule has 0 radical (unpaired) electrons. The number of primary amides is 1. The quantitative estimate of drug-likeness (QED) is 0.875. The highest BCUT2D eigenvalue weighted by Gasteiger charge is 2.29. The van der Waals surface area contributed by atoms with E-state index in [1.807, 2.05) is 18.2 Å². The maximum Gasteiger partial charge on any atom is 0.316 e. The Morgan fingerprint density at radius 2 is 2.19 bits per heavy atom. The minimum atomic E-state index is -0.510. The number of likely N-dealkylation sites (tertiary alicyclic amines) is 1. The van der Waals surface area contributed by atoms with Crippen LogP contribution in [0, 0.1) is 0 Å². The van der Waals surface area contributed by atoms with Crippen molar-refractivity contribution >= 4 is 24.1 Å². The smallest absolute Gasteiger partial charge is 0.316 e. The zero-order valence-corrected chi connectivity index (χ0v) is 13.7. The van der Waals surface area contributed by atoms with Gasteiger partial charge in [-0.3, -0.25) is 4.90 Å². The summed E-state index contributed by atoms with van der Waals surface area (Å²) in [6.45, 7) is 5.73. The summed E-state index contributed by atoms with van der Waals surface area (Å²) in [7, 11) is 0. The van der Waals surface area contributed by atoms with Crippen LogP contribution in [0.3, 0.4) is 0 Å². The minimum absolute atomic E-state index is 0. The molecule has 1 saturated heterocycles. The summed E-state index contributed by atoms with van der Waals surface area (Å²) < 4.78 is 0. The monoisotopic (exact) mass is 311 g/mol. The van der Waals surface area contributed by atoms with Crippen molar-refractivity contribution in [2.75, 3.05) is 11.9 Å². The number of rotatable bonds is 5. The van der Waals surface area contributed by atoms with E-state index in [0.717, 1.165) is 12.1 Å². The number of urea groups is 1. The predicted octanol–water partition coefficient (Wildman–Crippen LogP) is 3.40. The van der Waals surface area contributed by atoms with Gasteiger partial charge in [-0.25, -0.2) is 4.79 Å². The molecule has 0 aliphatic carbocycles. The molecule has 0 saturated carbocycles. The molecule has 118 valence electrons. The summed E-state index contributed by atoms with van der Waals surface area (Å²) in [5, 5.41) is 2.64. The molecule has 0 aromatic heterocycles. The second-order valence-electron chi connectivity index (χ2n) is 5.71. The van der Waals surface area contributed by atoms with Crippen molar-refractivity contribution in [1.29, 1.82) is 0 Å². The summed E-state index contributed by atoms with van der Waals surface area (Å²) in [5.74, 6) is 0. The number of amides is 2. The number of nitrogens with two attached hydrogens (primary N) is 1. The molecule has 2 rings (SSSR count). The molecule has 1 aliphatic rings. The van der Waals surface area contributed by atoms with Crippen LogP contribution >= 0.6 is 12.4 Å². The van der Waals surface area contributed by atoms with Crippen molar-refractivity contribution < 1.29 is 4.79 Å². The average molecular weight is 312 g/mol. The van der Waals surface area contributed by atoms with Crippen LogP contribution in [0.5, 0.6) is 0 Å². The van der Waals surface area contributed by atoms with E-state index in [-0.39, 0.29) is 12.4 Å². The molecule has 2 atom stereocenters. The molecule has 1 aromatic carbocycles. The summed E-state index contributed by atoms with van der Waals surface area (Å²) in [4.78, 5) is 13.5. The summed E-state index contributed by atoms with van der Waals surface area (Å²) >= 11 is 0. The number of halogens is 1. The number of hydrogen-bond donors (Lipinski definition) is 2. The van der Waals surface area contributed by atoms with E-state index in [9.17, 15) is 4.79 Å². The second kappa shape index (κ2) is 8.25. The normalized spacial score (nSPS) is 21.8. The molecular weight excluding hydrogens is 286 g/mol. The Bertz CT molecular complexity index is 467. The third-order valence-corrected chi connectivity index (χ3v) is 4.10. The van der Waals surface area contributed by atoms with E-state index in [0.29, 0.717) is 12.1 Å². The molecule has 1 aliphatic heterocycles.